The Balaban J connectivity index is 1.25. The van der Waals surface area contributed by atoms with Crippen molar-refractivity contribution in [2.45, 2.75) is 63.7 Å². The zero-order chi connectivity index (χ0) is 21.0. The van der Waals surface area contributed by atoms with E-state index in [-0.39, 0.29) is 5.91 Å². The summed E-state index contributed by atoms with van der Waals surface area (Å²) in [5.74, 6) is 3.41. The van der Waals surface area contributed by atoms with Gasteiger partial charge in [-0.1, -0.05) is 18.9 Å². The van der Waals surface area contributed by atoms with Crippen LogP contribution in [-0.2, 0) is 9.53 Å². The first-order valence-electron chi connectivity index (χ1n) is 12.6. The third-order valence-electron chi connectivity index (χ3n) is 8.13. The summed E-state index contributed by atoms with van der Waals surface area (Å²) in [5.41, 5.74) is 2.15. The number of carbonyl (C=O) groups excluding carboxylic acids is 1. The van der Waals surface area contributed by atoms with Crippen LogP contribution in [0.25, 0.3) is 0 Å². The molecule has 2 atom stereocenters. The molecule has 0 aromatic heterocycles. The van der Waals surface area contributed by atoms with Gasteiger partial charge in [0.2, 0.25) is 5.91 Å². The molecule has 4 aliphatic rings. The summed E-state index contributed by atoms with van der Waals surface area (Å²) < 4.78 is 11.7. The number of fused-ring (bicyclic) bond motifs is 2. The van der Waals surface area contributed by atoms with Gasteiger partial charge in [-0.25, -0.2) is 0 Å². The van der Waals surface area contributed by atoms with Crippen molar-refractivity contribution in [3.8, 4) is 5.75 Å². The van der Waals surface area contributed by atoms with Crippen molar-refractivity contribution < 1.29 is 14.3 Å². The van der Waals surface area contributed by atoms with Crippen LogP contribution >= 0.6 is 0 Å². The number of piperidine rings is 1. The van der Waals surface area contributed by atoms with Gasteiger partial charge in [0.1, 0.15) is 5.75 Å². The van der Waals surface area contributed by atoms with Gasteiger partial charge in [0.25, 0.3) is 0 Å². The Kier molecular flexibility index (Phi) is 6.80. The Hall–Kier alpha value is -1.59. The normalized spacial score (nSPS) is 29.0. The van der Waals surface area contributed by atoms with E-state index in [0.29, 0.717) is 24.2 Å². The van der Waals surface area contributed by atoms with Crippen LogP contribution in [0.2, 0.25) is 0 Å². The Morgan fingerprint density at radius 1 is 0.968 bits per heavy atom. The van der Waals surface area contributed by atoms with Crippen LogP contribution in [0.4, 0.5) is 5.69 Å². The summed E-state index contributed by atoms with van der Waals surface area (Å²) in [4.78, 5) is 15.6. The van der Waals surface area contributed by atoms with Gasteiger partial charge < -0.3 is 19.7 Å². The van der Waals surface area contributed by atoms with Gasteiger partial charge in [-0.05, 0) is 86.4 Å². The SMILES string of the molecule is O=C1C[C@@H]2CCN(CC3CCCC3)C[C@@H]2CCOc2ccc(C3CCOCC3)cc2N1. The second-order valence-corrected chi connectivity index (χ2v) is 10.3. The van der Waals surface area contributed by atoms with Crippen LogP contribution < -0.4 is 10.1 Å². The number of benzene rings is 1. The van der Waals surface area contributed by atoms with Crippen molar-refractivity contribution in [2.24, 2.45) is 17.8 Å². The van der Waals surface area contributed by atoms with E-state index in [4.69, 9.17) is 9.47 Å². The van der Waals surface area contributed by atoms with Gasteiger partial charge >= 0.3 is 0 Å². The molecule has 0 unspecified atom stereocenters. The molecule has 3 fully saturated rings. The van der Waals surface area contributed by atoms with Crippen LogP contribution in [0.15, 0.2) is 18.2 Å². The zero-order valence-electron chi connectivity index (χ0n) is 18.8. The third-order valence-corrected chi connectivity index (χ3v) is 8.13. The Bertz CT molecular complexity index is 755. The maximum Gasteiger partial charge on any atom is 0.224 e. The topological polar surface area (TPSA) is 50.8 Å². The number of rotatable bonds is 3. The molecule has 0 radical (unpaired) electrons. The number of nitrogens with one attached hydrogen (secondary N) is 1. The number of carbonyl (C=O) groups is 1. The molecule has 1 aromatic rings. The van der Waals surface area contributed by atoms with Crippen LogP contribution in [-0.4, -0.2) is 50.3 Å². The molecule has 0 bridgehead atoms. The number of hydrogen-bond acceptors (Lipinski definition) is 4. The lowest BCUT2D eigenvalue weighted by Crippen LogP contribution is -2.44. The lowest BCUT2D eigenvalue weighted by molar-refractivity contribution is -0.118. The van der Waals surface area contributed by atoms with Crippen molar-refractivity contribution in [1.82, 2.24) is 4.90 Å². The number of hydrogen-bond donors (Lipinski definition) is 1. The second kappa shape index (κ2) is 9.91. The largest absolute Gasteiger partial charge is 0.491 e. The van der Waals surface area contributed by atoms with E-state index in [2.05, 4.69) is 28.4 Å². The van der Waals surface area contributed by atoms with Crippen LogP contribution in [0.5, 0.6) is 5.75 Å². The molecule has 5 heteroatoms. The summed E-state index contributed by atoms with van der Waals surface area (Å²) in [5, 5.41) is 3.20. The fourth-order valence-corrected chi connectivity index (χ4v) is 6.29. The van der Waals surface area contributed by atoms with Crippen molar-refractivity contribution >= 4 is 11.6 Å². The number of likely N-dealkylation sites (tertiary alicyclic amines) is 1. The summed E-state index contributed by atoms with van der Waals surface area (Å²) >= 11 is 0. The first kappa shape index (κ1) is 21.3. The lowest BCUT2D eigenvalue weighted by Gasteiger charge is -2.40. The van der Waals surface area contributed by atoms with Crippen LogP contribution in [0.1, 0.15) is 69.3 Å². The average molecular weight is 427 g/mol. The van der Waals surface area contributed by atoms with E-state index in [1.54, 1.807) is 0 Å². The van der Waals surface area contributed by atoms with E-state index in [0.717, 1.165) is 75.9 Å². The number of amides is 1. The van der Waals surface area contributed by atoms with E-state index < -0.39 is 0 Å². The fourth-order valence-electron chi connectivity index (χ4n) is 6.29. The van der Waals surface area contributed by atoms with Crippen LogP contribution in [0.3, 0.4) is 0 Å². The summed E-state index contributed by atoms with van der Waals surface area (Å²) in [7, 11) is 0. The highest BCUT2D eigenvalue weighted by Crippen LogP contribution is 2.37. The summed E-state index contributed by atoms with van der Waals surface area (Å²) in [6, 6.07) is 6.39. The monoisotopic (exact) mass is 426 g/mol. The first-order chi connectivity index (χ1) is 15.2. The van der Waals surface area contributed by atoms with Gasteiger partial charge in [-0.3, -0.25) is 4.79 Å². The van der Waals surface area contributed by atoms with E-state index in [1.807, 2.05) is 0 Å². The minimum absolute atomic E-state index is 0.148. The molecule has 5 rings (SSSR count). The van der Waals surface area contributed by atoms with E-state index in [1.165, 1.54) is 37.8 Å². The van der Waals surface area contributed by atoms with Crippen molar-refractivity contribution in [3.63, 3.8) is 0 Å². The Labute approximate surface area is 186 Å². The quantitative estimate of drug-likeness (QED) is 0.753. The van der Waals surface area contributed by atoms with Crippen molar-refractivity contribution in [2.75, 3.05) is 44.8 Å². The minimum Gasteiger partial charge on any atom is -0.491 e. The van der Waals surface area contributed by atoms with E-state index in [9.17, 15) is 4.79 Å². The molecule has 1 aromatic carbocycles. The molecule has 170 valence electrons. The summed E-state index contributed by atoms with van der Waals surface area (Å²) in [6.45, 7) is 5.92. The molecule has 3 aliphatic heterocycles. The molecule has 3 heterocycles. The summed E-state index contributed by atoms with van der Waals surface area (Å²) in [6.07, 6.45) is 10.6. The molecular weight excluding hydrogens is 388 g/mol. The van der Waals surface area contributed by atoms with Crippen LogP contribution in [0, 0.1) is 17.8 Å². The maximum atomic E-state index is 13.0. The van der Waals surface area contributed by atoms with Gasteiger partial charge in [0, 0.05) is 32.7 Å². The minimum atomic E-state index is 0.148. The standard InChI is InChI=1S/C26H38N2O3/c29-26-16-22-7-11-28(17-19-3-1-2-4-19)18-23(22)10-14-31-25-6-5-21(15-24(25)27-26)20-8-12-30-13-9-20/h5-6,15,19-20,22-23H,1-4,7-14,16-18H2,(H,27,29)/t22-,23-/m0/s1. The van der Waals surface area contributed by atoms with Gasteiger partial charge in [-0.2, -0.15) is 0 Å². The smallest absolute Gasteiger partial charge is 0.224 e. The highest BCUT2D eigenvalue weighted by Gasteiger charge is 2.33. The fraction of sp³-hybridized carbons (Fsp3) is 0.731. The molecule has 0 spiro atoms. The molecule has 1 N–H and O–H groups in total. The lowest BCUT2D eigenvalue weighted by atomic mass is 9.80. The van der Waals surface area contributed by atoms with Gasteiger partial charge in [0.05, 0.1) is 12.3 Å². The van der Waals surface area contributed by atoms with Gasteiger partial charge in [-0.15, -0.1) is 0 Å². The molecule has 1 saturated carbocycles. The zero-order valence-corrected chi connectivity index (χ0v) is 18.8. The van der Waals surface area contributed by atoms with E-state index >= 15 is 0 Å². The first-order valence-corrected chi connectivity index (χ1v) is 12.6. The second-order valence-electron chi connectivity index (χ2n) is 10.3. The molecule has 5 nitrogen and oxygen atoms in total. The Morgan fingerprint density at radius 2 is 1.81 bits per heavy atom. The predicted octanol–water partition coefficient (Wildman–Crippen LogP) is 4.82. The molecule has 31 heavy (non-hydrogen) atoms. The highest BCUT2D eigenvalue weighted by atomic mass is 16.5. The van der Waals surface area contributed by atoms with Gasteiger partial charge in [0.15, 0.2) is 0 Å². The van der Waals surface area contributed by atoms with Crippen molar-refractivity contribution in [1.29, 1.82) is 0 Å². The number of nitrogens with zero attached hydrogens (tertiary/aromatic N) is 1. The molecular formula is C26H38N2O3. The highest BCUT2D eigenvalue weighted by molar-refractivity contribution is 5.92. The maximum absolute atomic E-state index is 13.0. The van der Waals surface area contributed by atoms with Crippen molar-refractivity contribution in [3.05, 3.63) is 23.8 Å². The molecule has 2 saturated heterocycles. The Morgan fingerprint density at radius 3 is 2.65 bits per heavy atom. The molecule has 1 amide bonds. The third kappa shape index (κ3) is 5.25. The number of ether oxygens (including phenoxy) is 2. The number of anilines is 1. The predicted molar refractivity (Wildman–Crippen MR) is 123 cm³/mol. The molecule has 1 aliphatic carbocycles. The average Bonchev–Trinajstić information content (AvgIpc) is 3.30.